The molecule has 3 rings (SSSR count). The molecule has 1 aromatic carbocycles. The minimum atomic E-state index is -3.52. The number of unbranched alkanes of at least 4 members (excludes halogenated alkanes) is 2. The number of thiazole rings is 1. The normalized spacial score (nSPS) is 11.3. The van der Waals surface area contributed by atoms with E-state index in [0.717, 1.165) is 19.3 Å². The quantitative estimate of drug-likeness (QED) is 0.315. The standard InChI is InChI=1S/C21H24N4O4S2/c1-29-16-8-10-17(11-9-16)31(27,28)25-14-5-2-4-13-23-21-24-15-19(30-21)20(26)18-7-3-6-12-22-18/h3,6-12,15,25H,2,4-5,13-14H2,1H3,(H,23,24). The lowest BCUT2D eigenvalue weighted by Crippen LogP contribution is -2.24. The average molecular weight is 461 g/mol. The second-order valence-corrected chi connectivity index (χ2v) is 9.43. The molecule has 0 saturated heterocycles. The van der Waals surface area contributed by atoms with Crippen LogP contribution in [0.5, 0.6) is 5.75 Å². The van der Waals surface area contributed by atoms with E-state index in [2.05, 4.69) is 20.0 Å². The second kappa shape index (κ2) is 11.0. The molecule has 164 valence electrons. The lowest BCUT2D eigenvalue weighted by atomic mass is 10.2. The minimum absolute atomic E-state index is 0.143. The minimum Gasteiger partial charge on any atom is -0.497 e. The molecule has 0 aliphatic carbocycles. The molecule has 0 spiro atoms. The van der Waals surface area contributed by atoms with E-state index in [4.69, 9.17) is 4.74 Å². The number of carbonyl (C=O) groups excluding carboxylic acids is 1. The molecule has 2 heterocycles. The zero-order valence-corrected chi connectivity index (χ0v) is 18.7. The molecule has 0 atom stereocenters. The number of anilines is 1. The number of aromatic nitrogens is 2. The number of ether oxygens (including phenoxy) is 1. The molecule has 0 fully saturated rings. The van der Waals surface area contributed by atoms with E-state index in [1.54, 1.807) is 42.7 Å². The van der Waals surface area contributed by atoms with E-state index in [1.807, 2.05) is 0 Å². The summed E-state index contributed by atoms with van der Waals surface area (Å²) in [4.78, 5) is 21.4. The third-order valence-corrected chi connectivity index (χ3v) is 6.85. The van der Waals surface area contributed by atoms with Crippen LogP contribution in [0.25, 0.3) is 0 Å². The zero-order chi connectivity index (χ0) is 22.1. The Labute approximate surface area is 185 Å². The van der Waals surface area contributed by atoms with Gasteiger partial charge in [0.15, 0.2) is 5.13 Å². The van der Waals surface area contributed by atoms with E-state index < -0.39 is 10.0 Å². The molecule has 8 nitrogen and oxygen atoms in total. The summed E-state index contributed by atoms with van der Waals surface area (Å²) in [6.45, 7) is 1.06. The number of nitrogens with one attached hydrogen (secondary N) is 2. The number of sulfonamides is 1. The molecule has 0 amide bonds. The summed E-state index contributed by atoms with van der Waals surface area (Å²) < 4.78 is 32.2. The topological polar surface area (TPSA) is 110 Å². The fraction of sp³-hybridized carbons (Fsp3) is 0.286. The predicted molar refractivity (Wildman–Crippen MR) is 120 cm³/mol. The fourth-order valence-corrected chi connectivity index (χ4v) is 4.62. The van der Waals surface area contributed by atoms with Crippen LogP contribution in [0.3, 0.4) is 0 Å². The molecule has 0 bridgehead atoms. The van der Waals surface area contributed by atoms with Gasteiger partial charge in [0.2, 0.25) is 15.8 Å². The van der Waals surface area contributed by atoms with Crippen molar-refractivity contribution in [1.82, 2.24) is 14.7 Å². The summed E-state index contributed by atoms with van der Waals surface area (Å²) >= 11 is 1.30. The Kier molecular flexibility index (Phi) is 8.10. The van der Waals surface area contributed by atoms with Crippen LogP contribution in [-0.2, 0) is 10.0 Å². The van der Waals surface area contributed by atoms with Gasteiger partial charge >= 0.3 is 0 Å². The Morgan fingerprint density at radius 2 is 1.81 bits per heavy atom. The molecule has 31 heavy (non-hydrogen) atoms. The van der Waals surface area contributed by atoms with Crippen LogP contribution in [0, 0.1) is 0 Å². The van der Waals surface area contributed by atoms with Gasteiger partial charge in [-0.2, -0.15) is 0 Å². The molecular weight excluding hydrogens is 436 g/mol. The van der Waals surface area contributed by atoms with Crippen molar-refractivity contribution in [2.75, 3.05) is 25.5 Å². The maximum absolute atomic E-state index is 12.3. The molecule has 2 aromatic heterocycles. The second-order valence-electron chi connectivity index (χ2n) is 6.63. The van der Waals surface area contributed by atoms with Crippen LogP contribution in [0.2, 0.25) is 0 Å². The smallest absolute Gasteiger partial charge is 0.240 e. The van der Waals surface area contributed by atoms with Crippen molar-refractivity contribution in [3.8, 4) is 5.75 Å². The summed E-state index contributed by atoms with van der Waals surface area (Å²) in [6, 6.07) is 11.5. The Hall–Kier alpha value is -2.82. The van der Waals surface area contributed by atoms with Crippen LogP contribution in [-0.4, -0.2) is 44.4 Å². The van der Waals surface area contributed by atoms with E-state index in [-0.39, 0.29) is 10.7 Å². The summed E-state index contributed by atoms with van der Waals surface area (Å²) in [5, 5.41) is 3.88. The van der Waals surface area contributed by atoms with Crippen molar-refractivity contribution >= 4 is 32.3 Å². The highest BCUT2D eigenvalue weighted by atomic mass is 32.2. The van der Waals surface area contributed by atoms with Crippen LogP contribution < -0.4 is 14.8 Å². The molecular formula is C21H24N4O4S2. The highest BCUT2D eigenvalue weighted by Crippen LogP contribution is 2.20. The summed E-state index contributed by atoms with van der Waals surface area (Å²) in [5.41, 5.74) is 0.398. The highest BCUT2D eigenvalue weighted by molar-refractivity contribution is 7.89. The van der Waals surface area contributed by atoms with Crippen molar-refractivity contribution in [2.24, 2.45) is 0 Å². The van der Waals surface area contributed by atoms with Gasteiger partial charge in [-0.3, -0.25) is 9.78 Å². The summed E-state index contributed by atoms with van der Waals surface area (Å²) in [7, 11) is -1.98. The molecule has 0 unspecified atom stereocenters. The number of hydrogen-bond acceptors (Lipinski definition) is 8. The molecule has 10 heteroatoms. The van der Waals surface area contributed by atoms with Crippen molar-refractivity contribution in [2.45, 2.75) is 24.2 Å². The van der Waals surface area contributed by atoms with E-state index in [0.29, 0.717) is 34.5 Å². The Bertz CT molecular complexity index is 1080. The van der Waals surface area contributed by atoms with Gasteiger partial charge in [-0.1, -0.05) is 23.8 Å². The molecule has 2 N–H and O–H groups in total. The number of ketones is 1. The van der Waals surface area contributed by atoms with Gasteiger partial charge in [-0.15, -0.1) is 0 Å². The largest absolute Gasteiger partial charge is 0.497 e. The van der Waals surface area contributed by atoms with Crippen molar-refractivity contribution in [3.05, 3.63) is 65.4 Å². The highest BCUT2D eigenvalue weighted by Gasteiger charge is 2.14. The molecule has 0 radical (unpaired) electrons. The lowest BCUT2D eigenvalue weighted by Gasteiger charge is -2.08. The summed E-state index contributed by atoms with van der Waals surface area (Å²) in [6.07, 6.45) is 5.57. The average Bonchev–Trinajstić information content (AvgIpc) is 3.27. The van der Waals surface area contributed by atoms with Gasteiger partial charge < -0.3 is 10.1 Å². The molecule has 3 aromatic rings. The predicted octanol–water partition coefficient (Wildman–Crippen LogP) is 3.34. The van der Waals surface area contributed by atoms with Gasteiger partial charge in [-0.25, -0.2) is 18.1 Å². The summed E-state index contributed by atoms with van der Waals surface area (Å²) in [5.74, 6) is 0.468. The van der Waals surface area contributed by atoms with E-state index >= 15 is 0 Å². The Morgan fingerprint density at radius 1 is 1.03 bits per heavy atom. The van der Waals surface area contributed by atoms with Crippen molar-refractivity contribution in [3.63, 3.8) is 0 Å². The van der Waals surface area contributed by atoms with Crippen LogP contribution in [0.4, 0.5) is 5.13 Å². The number of rotatable bonds is 12. The third-order valence-electron chi connectivity index (χ3n) is 4.42. The van der Waals surface area contributed by atoms with Crippen molar-refractivity contribution < 1.29 is 17.9 Å². The number of carbonyl (C=O) groups is 1. The fourth-order valence-electron chi connectivity index (χ4n) is 2.75. The first-order valence-electron chi connectivity index (χ1n) is 9.79. The number of hydrogen-bond donors (Lipinski definition) is 2. The van der Waals surface area contributed by atoms with Gasteiger partial charge in [0, 0.05) is 19.3 Å². The van der Waals surface area contributed by atoms with E-state index in [1.165, 1.54) is 30.6 Å². The van der Waals surface area contributed by atoms with Gasteiger partial charge in [0.05, 0.1) is 23.1 Å². The number of methoxy groups -OCH3 is 1. The SMILES string of the molecule is COc1ccc(S(=O)(=O)NCCCCCNc2ncc(C(=O)c3ccccn3)s2)cc1. The molecule has 0 aliphatic rings. The lowest BCUT2D eigenvalue weighted by molar-refractivity contribution is 0.103. The number of nitrogens with zero attached hydrogens (tertiary/aromatic N) is 2. The van der Waals surface area contributed by atoms with Crippen LogP contribution in [0.15, 0.2) is 59.8 Å². The maximum atomic E-state index is 12.3. The number of pyridine rings is 1. The monoisotopic (exact) mass is 460 g/mol. The zero-order valence-electron chi connectivity index (χ0n) is 17.1. The Morgan fingerprint density at radius 3 is 2.52 bits per heavy atom. The Balaban J connectivity index is 1.34. The maximum Gasteiger partial charge on any atom is 0.240 e. The number of benzene rings is 1. The first-order valence-corrected chi connectivity index (χ1v) is 12.1. The van der Waals surface area contributed by atoms with Gasteiger partial charge in [0.1, 0.15) is 11.4 Å². The first kappa shape index (κ1) is 22.9. The van der Waals surface area contributed by atoms with Crippen LogP contribution in [0.1, 0.15) is 34.6 Å². The third kappa shape index (κ3) is 6.58. The van der Waals surface area contributed by atoms with Gasteiger partial charge in [0.25, 0.3) is 0 Å². The van der Waals surface area contributed by atoms with E-state index in [9.17, 15) is 13.2 Å². The van der Waals surface area contributed by atoms with Crippen molar-refractivity contribution in [1.29, 1.82) is 0 Å². The van der Waals surface area contributed by atoms with Gasteiger partial charge in [-0.05, 0) is 49.2 Å². The first-order chi connectivity index (χ1) is 15.0. The molecule has 0 saturated carbocycles. The van der Waals surface area contributed by atoms with Crippen LogP contribution >= 0.6 is 11.3 Å². The molecule has 0 aliphatic heterocycles.